The minimum Gasteiger partial charge on any atom is -0.478 e. The highest BCUT2D eigenvalue weighted by atomic mass is 16.5. The third-order valence-electron chi connectivity index (χ3n) is 3.65. The van der Waals surface area contributed by atoms with Crippen LogP contribution in [0.15, 0.2) is 54.6 Å². The number of ether oxygens (including phenoxy) is 1. The van der Waals surface area contributed by atoms with Gasteiger partial charge in [-0.25, -0.2) is 4.79 Å². The summed E-state index contributed by atoms with van der Waals surface area (Å²) in [7, 11) is 0. The topological polar surface area (TPSA) is 46.5 Å². The molecule has 3 nitrogen and oxygen atoms in total. The van der Waals surface area contributed by atoms with Crippen LogP contribution in [-0.2, 0) is 11.3 Å². The molecule has 2 aromatic carbocycles. The molecule has 0 aromatic heterocycles. The van der Waals surface area contributed by atoms with Gasteiger partial charge in [0, 0.05) is 0 Å². The number of aromatic carboxylic acids is 1. The summed E-state index contributed by atoms with van der Waals surface area (Å²) in [6.07, 6.45) is 2.70. The number of carboxylic acid groups (broad SMARTS) is 1. The monoisotopic (exact) mass is 298 g/mol. The third kappa shape index (κ3) is 4.43. The molecule has 1 atom stereocenters. The first-order chi connectivity index (χ1) is 10.7. The van der Waals surface area contributed by atoms with Crippen LogP contribution in [-0.4, -0.2) is 11.1 Å². The fraction of sp³-hybridized carbons (Fsp3) is 0.316. The third-order valence-corrected chi connectivity index (χ3v) is 3.65. The van der Waals surface area contributed by atoms with Gasteiger partial charge in [-0.1, -0.05) is 68.3 Å². The Morgan fingerprint density at radius 2 is 1.77 bits per heavy atom. The van der Waals surface area contributed by atoms with Crippen LogP contribution in [0.3, 0.4) is 0 Å². The quantitative estimate of drug-likeness (QED) is 0.759. The molecule has 0 amide bonds. The molecule has 3 heteroatoms. The van der Waals surface area contributed by atoms with Gasteiger partial charge >= 0.3 is 5.97 Å². The van der Waals surface area contributed by atoms with E-state index in [1.54, 1.807) is 12.1 Å². The Morgan fingerprint density at radius 3 is 2.45 bits per heavy atom. The van der Waals surface area contributed by atoms with E-state index < -0.39 is 5.97 Å². The molecule has 0 fully saturated rings. The van der Waals surface area contributed by atoms with Gasteiger partial charge in [0.15, 0.2) is 0 Å². The molecule has 1 unspecified atom stereocenters. The van der Waals surface area contributed by atoms with Gasteiger partial charge in [-0.05, 0) is 23.6 Å². The summed E-state index contributed by atoms with van der Waals surface area (Å²) < 4.78 is 6.04. The molecule has 22 heavy (non-hydrogen) atoms. The highest BCUT2D eigenvalue weighted by Gasteiger charge is 2.19. The molecule has 0 saturated heterocycles. The van der Waals surface area contributed by atoms with E-state index in [1.165, 1.54) is 0 Å². The van der Waals surface area contributed by atoms with Gasteiger partial charge < -0.3 is 9.84 Å². The van der Waals surface area contributed by atoms with Crippen LogP contribution >= 0.6 is 0 Å². The summed E-state index contributed by atoms with van der Waals surface area (Å²) in [5.74, 6) is -0.902. The van der Waals surface area contributed by atoms with Crippen molar-refractivity contribution in [1.29, 1.82) is 0 Å². The molecule has 116 valence electrons. The van der Waals surface area contributed by atoms with Crippen LogP contribution in [0.25, 0.3) is 0 Å². The summed E-state index contributed by atoms with van der Waals surface area (Å²) in [4.78, 5) is 11.4. The van der Waals surface area contributed by atoms with Crippen molar-refractivity contribution in [3.05, 3.63) is 71.3 Å². The number of hydrogen-bond acceptors (Lipinski definition) is 2. The first kappa shape index (κ1) is 16.2. The highest BCUT2D eigenvalue weighted by Crippen LogP contribution is 2.28. The first-order valence-corrected chi connectivity index (χ1v) is 7.70. The Balaban J connectivity index is 2.17. The predicted octanol–water partition coefficient (Wildman–Crippen LogP) is 4.83. The number of rotatable bonds is 8. The van der Waals surface area contributed by atoms with Crippen molar-refractivity contribution in [2.45, 2.75) is 38.9 Å². The van der Waals surface area contributed by atoms with E-state index in [2.05, 4.69) is 6.92 Å². The average molecular weight is 298 g/mol. The van der Waals surface area contributed by atoms with Crippen LogP contribution in [0.5, 0.6) is 0 Å². The van der Waals surface area contributed by atoms with Crippen molar-refractivity contribution in [3.8, 4) is 0 Å². The number of carbonyl (C=O) groups is 1. The summed E-state index contributed by atoms with van der Waals surface area (Å²) >= 11 is 0. The van der Waals surface area contributed by atoms with E-state index in [9.17, 15) is 9.90 Å². The van der Waals surface area contributed by atoms with Gasteiger partial charge in [-0.3, -0.25) is 0 Å². The molecular formula is C19H22O3. The Kier molecular flexibility index (Phi) is 6.16. The molecule has 0 spiro atoms. The molecular weight excluding hydrogens is 276 g/mol. The van der Waals surface area contributed by atoms with Gasteiger partial charge in [-0.15, -0.1) is 0 Å². The molecule has 0 bridgehead atoms. The maximum atomic E-state index is 11.4. The SMILES string of the molecule is CCCCC(OCc1ccccc1)c1ccccc1C(=O)O. The van der Waals surface area contributed by atoms with E-state index in [4.69, 9.17) is 4.74 Å². The van der Waals surface area contributed by atoms with E-state index >= 15 is 0 Å². The lowest BCUT2D eigenvalue weighted by Crippen LogP contribution is -2.11. The second-order valence-corrected chi connectivity index (χ2v) is 5.32. The smallest absolute Gasteiger partial charge is 0.336 e. The Hall–Kier alpha value is -2.13. The zero-order chi connectivity index (χ0) is 15.8. The minimum atomic E-state index is -0.902. The van der Waals surface area contributed by atoms with E-state index in [0.717, 1.165) is 30.4 Å². The Bertz CT molecular complexity index is 593. The van der Waals surface area contributed by atoms with Crippen molar-refractivity contribution in [2.75, 3.05) is 0 Å². The lowest BCUT2D eigenvalue weighted by molar-refractivity contribution is 0.0309. The van der Waals surface area contributed by atoms with Gasteiger partial charge in [0.25, 0.3) is 0 Å². The van der Waals surface area contributed by atoms with Gasteiger partial charge in [0.05, 0.1) is 18.3 Å². The van der Waals surface area contributed by atoms with Crippen LogP contribution < -0.4 is 0 Å². The number of benzene rings is 2. The summed E-state index contributed by atoms with van der Waals surface area (Å²) in [6.45, 7) is 2.61. The standard InChI is InChI=1S/C19H22O3/c1-2-3-13-18(22-14-15-9-5-4-6-10-15)16-11-7-8-12-17(16)19(20)21/h4-12,18H,2-3,13-14H2,1H3,(H,20,21). The summed E-state index contributed by atoms with van der Waals surface area (Å²) in [5, 5.41) is 9.37. The van der Waals surface area contributed by atoms with Crippen molar-refractivity contribution < 1.29 is 14.6 Å². The lowest BCUT2D eigenvalue weighted by atomic mass is 9.98. The van der Waals surface area contributed by atoms with Crippen molar-refractivity contribution in [1.82, 2.24) is 0 Å². The van der Waals surface area contributed by atoms with Gasteiger partial charge in [0.1, 0.15) is 0 Å². The van der Waals surface area contributed by atoms with E-state index in [1.807, 2.05) is 42.5 Å². The molecule has 0 aliphatic carbocycles. The zero-order valence-electron chi connectivity index (χ0n) is 12.9. The lowest BCUT2D eigenvalue weighted by Gasteiger charge is -2.20. The number of hydrogen-bond donors (Lipinski definition) is 1. The Morgan fingerprint density at radius 1 is 1.09 bits per heavy atom. The van der Waals surface area contributed by atoms with Gasteiger partial charge in [0.2, 0.25) is 0 Å². The van der Waals surface area contributed by atoms with E-state index in [-0.39, 0.29) is 6.10 Å². The largest absolute Gasteiger partial charge is 0.478 e. The molecule has 0 saturated carbocycles. The normalized spacial score (nSPS) is 12.0. The second kappa shape index (κ2) is 8.35. The van der Waals surface area contributed by atoms with Crippen LogP contribution in [0.2, 0.25) is 0 Å². The maximum absolute atomic E-state index is 11.4. The molecule has 2 rings (SSSR count). The Labute approximate surface area is 131 Å². The van der Waals surface area contributed by atoms with Crippen molar-refractivity contribution >= 4 is 5.97 Å². The zero-order valence-corrected chi connectivity index (χ0v) is 12.9. The fourth-order valence-corrected chi connectivity index (χ4v) is 2.46. The van der Waals surface area contributed by atoms with Crippen LogP contribution in [0.4, 0.5) is 0 Å². The van der Waals surface area contributed by atoms with Crippen LogP contribution in [0.1, 0.15) is 53.8 Å². The molecule has 2 aromatic rings. The highest BCUT2D eigenvalue weighted by molar-refractivity contribution is 5.89. The summed E-state index contributed by atoms with van der Waals surface area (Å²) in [5.41, 5.74) is 2.19. The molecule has 0 heterocycles. The second-order valence-electron chi connectivity index (χ2n) is 5.32. The molecule has 0 radical (unpaired) electrons. The molecule has 0 aliphatic rings. The number of unbranched alkanes of at least 4 members (excludes halogenated alkanes) is 1. The van der Waals surface area contributed by atoms with Crippen LogP contribution in [0, 0.1) is 0 Å². The molecule has 1 N–H and O–H groups in total. The summed E-state index contributed by atoms with van der Waals surface area (Å²) in [6, 6.07) is 17.1. The van der Waals surface area contributed by atoms with E-state index in [0.29, 0.717) is 12.2 Å². The van der Waals surface area contributed by atoms with Gasteiger partial charge in [-0.2, -0.15) is 0 Å². The average Bonchev–Trinajstić information content (AvgIpc) is 2.56. The maximum Gasteiger partial charge on any atom is 0.336 e. The minimum absolute atomic E-state index is 0.188. The fourth-order valence-electron chi connectivity index (χ4n) is 2.46. The van der Waals surface area contributed by atoms with Crippen molar-refractivity contribution in [3.63, 3.8) is 0 Å². The van der Waals surface area contributed by atoms with Crippen molar-refractivity contribution in [2.24, 2.45) is 0 Å². The predicted molar refractivity (Wildman–Crippen MR) is 86.9 cm³/mol. The number of carboxylic acids is 1. The molecule has 0 aliphatic heterocycles. The first-order valence-electron chi connectivity index (χ1n) is 7.70.